The van der Waals surface area contributed by atoms with E-state index in [1.54, 1.807) is 5.51 Å². The summed E-state index contributed by atoms with van der Waals surface area (Å²) in [7, 11) is 0. The summed E-state index contributed by atoms with van der Waals surface area (Å²) in [5, 5.41) is 5.38. The first-order valence-electron chi connectivity index (χ1n) is 7.59. The summed E-state index contributed by atoms with van der Waals surface area (Å²) >= 11 is 1.53. The van der Waals surface area contributed by atoms with E-state index < -0.39 is 17.5 Å². The monoisotopic (exact) mass is 341 g/mol. The lowest BCUT2D eigenvalue weighted by Gasteiger charge is -2.28. The number of halogens is 3. The molecule has 3 rings (SSSR count). The largest absolute Gasteiger partial charge is 0.306 e. The van der Waals surface area contributed by atoms with Crippen LogP contribution >= 0.6 is 11.3 Å². The summed E-state index contributed by atoms with van der Waals surface area (Å²) < 4.78 is 40.4. The lowest BCUT2D eigenvalue weighted by Crippen LogP contribution is -2.36. The van der Waals surface area contributed by atoms with Gasteiger partial charge in [-0.2, -0.15) is 0 Å². The van der Waals surface area contributed by atoms with Gasteiger partial charge in [0.2, 0.25) is 0 Å². The average molecular weight is 341 g/mol. The fraction of sp³-hybridized carbons (Fsp3) is 0.438. The molecule has 7 heteroatoms. The Balaban J connectivity index is 1.82. The highest BCUT2D eigenvalue weighted by Crippen LogP contribution is 2.33. The summed E-state index contributed by atoms with van der Waals surface area (Å²) in [6.07, 6.45) is 0.864. The molecular weight excluding hydrogens is 323 g/mol. The number of likely N-dealkylation sites (tertiary alicyclic amines) is 1. The zero-order chi connectivity index (χ0) is 16.4. The van der Waals surface area contributed by atoms with Crippen molar-refractivity contribution in [3.8, 4) is 0 Å². The number of hydrogen-bond acceptors (Lipinski definition) is 4. The van der Waals surface area contributed by atoms with Crippen LogP contribution in [0.2, 0.25) is 0 Å². The molecule has 0 unspecified atom stereocenters. The van der Waals surface area contributed by atoms with E-state index in [1.165, 1.54) is 11.3 Å². The Kier molecular flexibility index (Phi) is 4.99. The Morgan fingerprint density at radius 2 is 2.04 bits per heavy atom. The normalized spacial score (nSPS) is 21.9. The Morgan fingerprint density at radius 1 is 1.30 bits per heavy atom. The molecule has 1 aromatic heterocycles. The van der Waals surface area contributed by atoms with Crippen LogP contribution in [0.25, 0.3) is 0 Å². The second kappa shape index (κ2) is 6.98. The van der Waals surface area contributed by atoms with Crippen LogP contribution in [0.4, 0.5) is 13.2 Å². The molecule has 3 nitrogen and oxygen atoms in total. The molecule has 0 radical (unpaired) electrons. The highest BCUT2D eigenvalue weighted by Gasteiger charge is 2.35. The standard InChI is InChI=1S/C16H18F3N3S/c1-2-22-4-3-14(20-7-11-8-23-9-21-11)16(22)10-5-12(17)15(19)13(18)6-10/h5-6,8-9,14,16,20H,2-4,7H2,1H3/t14-,16+/m0/s1. The van der Waals surface area contributed by atoms with Crippen LogP contribution in [0.15, 0.2) is 23.0 Å². The van der Waals surface area contributed by atoms with Gasteiger partial charge in [-0.25, -0.2) is 18.2 Å². The van der Waals surface area contributed by atoms with Gasteiger partial charge in [0.15, 0.2) is 17.5 Å². The molecule has 2 heterocycles. The molecule has 2 atom stereocenters. The Morgan fingerprint density at radius 3 is 2.65 bits per heavy atom. The summed E-state index contributed by atoms with van der Waals surface area (Å²) in [6.45, 7) is 4.21. The van der Waals surface area contributed by atoms with Gasteiger partial charge in [0.1, 0.15) is 0 Å². The molecule has 0 spiro atoms. The van der Waals surface area contributed by atoms with Gasteiger partial charge in [0.05, 0.1) is 17.2 Å². The lowest BCUT2D eigenvalue weighted by atomic mass is 9.99. The Bertz CT molecular complexity index is 640. The molecule has 1 fully saturated rings. The minimum Gasteiger partial charge on any atom is -0.306 e. The van der Waals surface area contributed by atoms with E-state index in [4.69, 9.17) is 0 Å². The fourth-order valence-electron chi connectivity index (χ4n) is 3.17. The van der Waals surface area contributed by atoms with Gasteiger partial charge in [0.25, 0.3) is 0 Å². The van der Waals surface area contributed by atoms with E-state index in [9.17, 15) is 13.2 Å². The fourth-order valence-corrected chi connectivity index (χ4v) is 3.73. The van der Waals surface area contributed by atoms with E-state index in [-0.39, 0.29) is 12.1 Å². The van der Waals surface area contributed by atoms with Gasteiger partial charge in [-0.05, 0) is 30.7 Å². The minimum absolute atomic E-state index is 0.0425. The van der Waals surface area contributed by atoms with E-state index in [1.807, 2.05) is 12.3 Å². The van der Waals surface area contributed by atoms with E-state index in [2.05, 4.69) is 15.2 Å². The predicted molar refractivity (Wildman–Crippen MR) is 83.7 cm³/mol. The van der Waals surface area contributed by atoms with Crippen molar-refractivity contribution in [3.63, 3.8) is 0 Å². The highest BCUT2D eigenvalue weighted by molar-refractivity contribution is 7.07. The van der Waals surface area contributed by atoms with Gasteiger partial charge >= 0.3 is 0 Å². The lowest BCUT2D eigenvalue weighted by molar-refractivity contribution is 0.246. The van der Waals surface area contributed by atoms with Crippen molar-refractivity contribution in [2.24, 2.45) is 0 Å². The molecule has 23 heavy (non-hydrogen) atoms. The van der Waals surface area contributed by atoms with Crippen molar-refractivity contribution >= 4 is 11.3 Å². The highest BCUT2D eigenvalue weighted by atomic mass is 32.1. The van der Waals surface area contributed by atoms with Gasteiger partial charge in [-0.3, -0.25) is 4.90 Å². The zero-order valence-corrected chi connectivity index (χ0v) is 13.5. The molecule has 0 saturated carbocycles. The maximum Gasteiger partial charge on any atom is 0.194 e. The molecule has 1 aromatic carbocycles. The molecule has 124 valence electrons. The van der Waals surface area contributed by atoms with Crippen molar-refractivity contribution in [2.45, 2.75) is 32.0 Å². The summed E-state index contributed by atoms with van der Waals surface area (Å²) in [4.78, 5) is 6.37. The van der Waals surface area contributed by atoms with Gasteiger partial charge in [0, 0.05) is 24.5 Å². The number of thiazole rings is 1. The summed E-state index contributed by atoms with van der Waals surface area (Å²) in [6, 6.07) is 2.08. The Labute approximate surface area is 137 Å². The average Bonchev–Trinajstić information content (AvgIpc) is 3.18. The number of nitrogens with zero attached hydrogens (tertiary/aromatic N) is 2. The van der Waals surface area contributed by atoms with Crippen molar-refractivity contribution in [1.29, 1.82) is 0 Å². The summed E-state index contributed by atoms with van der Waals surface area (Å²) in [5.41, 5.74) is 3.18. The molecule has 0 aliphatic carbocycles. The van der Waals surface area contributed by atoms with E-state index >= 15 is 0 Å². The molecule has 0 amide bonds. The molecular formula is C16H18F3N3S. The maximum atomic E-state index is 13.6. The molecule has 0 bridgehead atoms. The number of likely N-dealkylation sites (N-methyl/N-ethyl adjacent to an activating group) is 1. The smallest absolute Gasteiger partial charge is 0.194 e. The molecule has 1 aliphatic heterocycles. The number of aromatic nitrogens is 1. The molecule has 1 N–H and O–H groups in total. The van der Waals surface area contributed by atoms with Crippen LogP contribution in [-0.2, 0) is 6.54 Å². The topological polar surface area (TPSA) is 28.2 Å². The van der Waals surface area contributed by atoms with Crippen LogP contribution in [0.1, 0.15) is 30.6 Å². The van der Waals surface area contributed by atoms with Crippen molar-refractivity contribution in [1.82, 2.24) is 15.2 Å². The van der Waals surface area contributed by atoms with Crippen LogP contribution in [-0.4, -0.2) is 29.0 Å². The van der Waals surface area contributed by atoms with E-state index in [0.717, 1.165) is 37.3 Å². The number of rotatable bonds is 5. The van der Waals surface area contributed by atoms with Gasteiger partial charge in [-0.1, -0.05) is 6.92 Å². The predicted octanol–water partition coefficient (Wildman–Crippen LogP) is 3.49. The number of hydrogen-bond donors (Lipinski definition) is 1. The minimum atomic E-state index is -1.42. The van der Waals surface area contributed by atoms with Crippen LogP contribution < -0.4 is 5.32 Å². The number of benzene rings is 1. The quantitative estimate of drug-likeness (QED) is 0.844. The van der Waals surface area contributed by atoms with Crippen molar-refractivity contribution in [2.75, 3.05) is 13.1 Å². The molecule has 2 aromatic rings. The maximum absolute atomic E-state index is 13.6. The second-order valence-electron chi connectivity index (χ2n) is 5.63. The van der Waals surface area contributed by atoms with Crippen molar-refractivity contribution < 1.29 is 13.2 Å². The van der Waals surface area contributed by atoms with E-state index in [0.29, 0.717) is 12.1 Å². The first-order chi connectivity index (χ1) is 11.1. The zero-order valence-electron chi connectivity index (χ0n) is 12.7. The third kappa shape index (κ3) is 3.41. The second-order valence-corrected chi connectivity index (χ2v) is 6.35. The summed E-state index contributed by atoms with van der Waals surface area (Å²) in [5.74, 6) is -3.69. The van der Waals surface area contributed by atoms with Crippen LogP contribution in [0, 0.1) is 17.5 Å². The van der Waals surface area contributed by atoms with Crippen LogP contribution in [0.5, 0.6) is 0 Å². The Hall–Kier alpha value is -1.44. The van der Waals surface area contributed by atoms with Crippen molar-refractivity contribution in [3.05, 3.63) is 51.7 Å². The SMILES string of the molecule is CCN1CC[C@H](NCc2cscn2)[C@H]1c1cc(F)c(F)c(F)c1. The van der Waals surface area contributed by atoms with Crippen LogP contribution in [0.3, 0.4) is 0 Å². The van der Waals surface area contributed by atoms with Gasteiger partial charge in [-0.15, -0.1) is 11.3 Å². The molecule has 1 saturated heterocycles. The number of nitrogens with one attached hydrogen (secondary N) is 1. The molecule has 1 aliphatic rings. The third-order valence-corrected chi connectivity index (χ3v) is 4.92. The van der Waals surface area contributed by atoms with Gasteiger partial charge < -0.3 is 5.32 Å². The first kappa shape index (κ1) is 16.4. The first-order valence-corrected chi connectivity index (χ1v) is 8.53. The third-order valence-electron chi connectivity index (χ3n) is 4.28.